The van der Waals surface area contributed by atoms with E-state index >= 15 is 0 Å². The maximum absolute atomic E-state index is 10.1. The normalized spacial score (nSPS) is 50.5. The molecule has 0 amide bonds. The van der Waals surface area contributed by atoms with E-state index in [1.54, 1.807) is 12.1 Å². The molecular formula is C22H28O4. The summed E-state index contributed by atoms with van der Waals surface area (Å²) in [5.41, 5.74) is 0.398. The molecule has 2 atom stereocenters. The van der Waals surface area contributed by atoms with Crippen molar-refractivity contribution in [1.29, 1.82) is 0 Å². The quantitative estimate of drug-likeness (QED) is 0.792. The molecule has 140 valence electrons. The van der Waals surface area contributed by atoms with Gasteiger partial charge in [0.1, 0.15) is 5.75 Å². The van der Waals surface area contributed by atoms with Crippen molar-refractivity contribution in [3.05, 3.63) is 29.8 Å². The number of phenols is 1. The molecule has 4 bridgehead atoms. The maximum atomic E-state index is 10.1. The first-order valence-corrected chi connectivity index (χ1v) is 10.2. The molecule has 2 saturated heterocycles. The van der Waals surface area contributed by atoms with Crippen LogP contribution in [0.4, 0.5) is 0 Å². The van der Waals surface area contributed by atoms with Gasteiger partial charge in [-0.15, -0.1) is 0 Å². The van der Waals surface area contributed by atoms with Crippen LogP contribution in [0.3, 0.4) is 0 Å². The van der Waals surface area contributed by atoms with Crippen LogP contribution in [0.15, 0.2) is 24.3 Å². The summed E-state index contributed by atoms with van der Waals surface area (Å²) in [5.74, 6) is 1.86. The van der Waals surface area contributed by atoms with Crippen LogP contribution in [0, 0.1) is 28.6 Å². The van der Waals surface area contributed by atoms with Gasteiger partial charge >= 0.3 is 0 Å². The summed E-state index contributed by atoms with van der Waals surface area (Å²) in [7, 11) is 0. The topological polar surface area (TPSA) is 47.9 Å². The van der Waals surface area contributed by atoms with Crippen molar-refractivity contribution in [1.82, 2.24) is 0 Å². The number of fused-ring (bicyclic) bond motifs is 1. The standard InChI is InChI=1S/C22H28O4/c1-19(2)13-24-21(17-4-3-5-18(23)9-17)22(19,26-25-21)20-10-14-6-15(11-20)8-16(7-14)12-20/h3-5,9,14-16,23H,6-8,10-13H2,1-2H3. The van der Waals surface area contributed by atoms with Crippen LogP contribution in [-0.4, -0.2) is 17.3 Å². The second kappa shape index (κ2) is 4.65. The molecule has 6 fully saturated rings. The van der Waals surface area contributed by atoms with Gasteiger partial charge in [-0.05, 0) is 68.4 Å². The molecule has 0 spiro atoms. The van der Waals surface area contributed by atoms with E-state index in [4.69, 9.17) is 14.5 Å². The fourth-order valence-electron chi connectivity index (χ4n) is 8.01. The van der Waals surface area contributed by atoms with E-state index in [1.807, 2.05) is 12.1 Å². The molecule has 6 aliphatic rings. The highest BCUT2D eigenvalue weighted by atomic mass is 17.3. The molecule has 2 unspecified atom stereocenters. The SMILES string of the molecule is CC1(C)COC2(c3cccc(O)c3)OOC12C12CC3CC(CC(C3)C1)C2. The van der Waals surface area contributed by atoms with E-state index < -0.39 is 11.4 Å². The minimum atomic E-state index is -0.888. The largest absolute Gasteiger partial charge is 0.508 e. The smallest absolute Gasteiger partial charge is 0.261 e. The van der Waals surface area contributed by atoms with Crippen LogP contribution in [0.2, 0.25) is 0 Å². The molecule has 2 aliphatic heterocycles. The lowest BCUT2D eigenvalue weighted by atomic mass is 9.40. The van der Waals surface area contributed by atoms with Crippen molar-refractivity contribution in [2.45, 2.75) is 63.8 Å². The number of benzene rings is 1. The van der Waals surface area contributed by atoms with Gasteiger partial charge in [0.2, 0.25) is 0 Å². The van der Waals surface area contributed by atoms with Crippen LogP contribution in [0.5, 0.6) is 5.75 Å². The first-order chi connectivity index (χ1) is 12.4. The highest BCUT2D eigenvalue weighted by Crippen LogP contribution is 2.77. The zero-order chi connectivity index (χ0) is 17.8. The molecule has 0 aromatic heterocycles. The van der Waals surface area contributed by atoms with Gasteiger partial charge in [-0.25, -0.2) is 4.89 Å². The average molecular weight is 356 g/mol. The van der Waals surface area contributed by atoms with E-state index in [0.29, 0.717) is 6.61 Å². The maximum Gasteiger partial charge on any atom is 0.261 e. The van der Waals surface area contributed by atoms with E-state index in [2.05, 4.69) is 13.8 Å². The Morgan fingerprint density at radius 3 is 2.15 bits per heavy atom. The summed E-state index contributed by atoms with van der Waals surface area (Å²) in [6.45, 7) is 5.17. The monoisotopic (exact) mass is 356 g/mol. The van der Waals surface area contributed by atoms with Crippen LogP contribution in [0.1, 0.15) is 57.9 Å². The van der Waals surface area contributed by atoms with E-state index in [-0.39, 0.29) is 16.6 Å². The number of phenolic OH excluding ortho intramolecular Hbond substituents is 1. The highest BCUT2D eigenvalue weighted by molar-refractivity contribution is 5.38. The Morgan fingerprint density at radius 1 is 0.962 bits per heavy atom. The molecule has 4 heteroatoms. The number of aromatic hydroxyl groups is 1. The van der Waals surface area contributed by atoms with Gasteiger partial charge in [0.15, 0.2) is 5.60 Å². The number of hydrogen-bond donors (Lipinski definition) is 1. The van der Waals surface area contributed by atoms with Gasteiger partial charge in [0.25, 0.3) is 5.79 Å². The molecule has 4 aliphatic carbocycles. The van der Waals surface area contributed by atoms with Crippen molar-refractivity contribution in [3.63, 3.8) is 0 Å². The third-order valence-electron chi connectivity index (χ3n) is 8.35. The van der Waals surface area contributed by atoms with Gasteiger partial charge in [0, 0.05) is 16.4 Å². The third kappa shape index (κ3) is 1.60. The summed E-state index contributed by atoms with van der Waals surface area (Å²) in [6.07, 6.45) is 7.89. The molecule has 1 aromatic carbocycles. The Kier molecular flexibility index (Phi) is 2.85. The first-order valence-electron chi connectivity index (χ1n) is 10.2. The predicted octanol–water partition coefficient (Wildman–Crippen LogP) is 4.52. The molecule has 4 saturated carbocycles. The van der Waals surface area contributed by atoms with Crippen LogP contribution in [-0.2, 0) is 20.3 Å². The second-order valence-corrected chi connectivity index (χ2v) is 10.4. The van der Waals surface area contributed by atoms with Crippen molar-refractivity contribution < 1.29 is 19.6 Å². The zero-order valence-corrected chi connectivity index (χ0v) is 15.7. The molecule has 2 heterocycles. The number of hydrogen-bond acceptors (Lipinski definition) is 4. The summed E-state index contributed by atoms with van der Waals surface area (Å²) in [6, 6.07) is 7.38. The van der Waals surface area contributed by atoms with Crippen LogP contribution >= 0.6 is 0 Å². The summed E-state index contributed by atoms with van der Waals surface area (Å²) in [5, 5.41) is 10.1. The Morgan fingerprint density at radius 2 is 1.62 bits per heavy atom. The fourth-order valence-corrected chi connectivity index (χ4v) is 8.01. The van der Waals surface area contributed by atoms with Crippen LogP contribution in [0.25, 0.3) is 0 Å². The number of ether oxygens (including phenoxy) is 1. The van der Waals surface area contributed by atoms with Crippen molar-refractivity contribution in [3.8, 4) is 5.75 Å². The third-order valence-corrected chi connectivity index (χ3v) is 8.35. The Labute approximate surface area is 154 Å². The molecule has 26 heavy (non-hydrogen) atoms. The fraction of sp³-hybridized carbons (Fsp3) is 0.727. The van der Waals surface area contributed by atoms with E-state index in [1.165, 1.54) is 38.5 Å². The van der Waals surface area contributed by atoms with Gasteiger partial charge in [-0.1, -0.05) is 26.0 Å². The summed E-state index contributed by atoms with van der Waals surface area (Å²) in [4.78, 5) is 12.1. The Hall–Kier alpha value is -1.10. The molecule has 1 aromatic rings. The highest BCUT2D eigenvalue weighted by Gasteiger charge is 2.85. The van der Waals surface area contributed by atoms with Crippen molar-refractivity contribution in [2.75, 3.05) is 6.61 Å². The van der Waals surface area contributed by atoms with Gasteiger partial charge < -0.3 is 9.84 Å². The molecule has 4 nitrogen and oxygen atoms in total. The second-order valence-electron chi connectivity index (χ2n) is 10.4. The molecule has 0 radical (unpaired) electrons. The van der Waals surface area contributed by atoms with E-state index in [9.17, 15) is 5.11 Å². The average Bonchev–Trinajstić information content (AvgIpc) is 2.68. The summed E-state index contributed by atoms with van der Waals surface area (Å²) >= 11 is 0. The lowest BCUT2D eigenvalue weighted by Crippen LogP contribution is -2.77. The lowest BCUT2D eigenvalue weighted by molar-refractivity contribution is -0.633. The summed E-state index contributed by atoms with van der Waals surface area (Å²) < 4.78 is 6.43. The minimum Gasteiger partial charge on any atom is -0.508 e. The van der Waals surface area contributed by atoms with E-state index in [0.717, 1.165) is 23.3 Å². The van der Waals surface area contributed by atoms with Gasteiger partial charge in [0.05, 0.1) is 6.61 Å². The van der Waals surface area contributed by atoms with Crippen LogP contribution < -0.4 is 0 Å². The predicted molar refractivity (Wildman–Crippen MR) is 95.0 cm³/mol. The lowest BCUT2D eigenvalue weighted by Gasteiger charge is -2.70. The number of rotatable bonds is 2. The Balaban J connectivity index is 1.54. The first kappa shape index (κ1) is 15.9. The molecular weight excluding hydrogens is 328 g/mol. The molecule has 7 rings (SSSR count). The Bertz CT molecular complexity index is 736. The van der Waals surface area contributed by atoms with Gasteiger partial charge in [-0.3, -0.25) is 0 Å². The zero-order valence-electron chi connectivity index (χ0n) is 15.7. The van der Waals surface area contributed by atoms with Gasteiger partial charge in [-0.2, -0.15) is 4.89 Å². The van der Waals surface area contributed by atoms with Crippen molar-refractivity contribution >= 4 is 0 Å². The minimum absolute atomic E-state index is 0.117. The molecule has 1 N–H and O–H groups in total. The van der Waals surface area contributed by atoms with Crippen molar-refractivity contribution in [2.24, 2.45) is 28.6 Å².